The lowest BCUT2D eigenvalue weighted by atomic mass is 10.0. The maximum Gasteiger partial charge on any atom is 0.177 e. The molecule has 0 saturated carbocycles. The zero-order chi connectivity index (χ0) is 14.8. The Kier molecular flexibility index (Phi) is 3.98. The van der Waals surface area contributed by atoms with E-state index in [1.54, 1.807) is 7.11 Å². The first-order chi connectivity index (χ1) is 10.2. The molecule has 1 atom stereocenters. The summed E-state index contributed by atoms with van der Waals surface area (Å²) in [5.41, 5.74) is 7.95. The Balaban J connectivity index is 1.93. The molecule has 0 spiro atoms. The van der Waals surface area contributed by atoms with Crippen LogP contribution in [0.4, 0.5) is 0 Å². The number of aromatic amines is 1. The zero-order valence-electron chi connectivity index (χ0n) is 12.0. The van der Waals surface area contributed by atoms with Crippen LogP contribution in [-0.4, -0.2) is 29.8 Å². The first-order valence-corrected chi connectivity index (χ1v) is 7.43. The van der Waals surface area contributed by atoms with Crippen LogP contribution in [0.25, 0.3) is 0 Å². The summed E-state index contributed by atoms with van der Waals surface area (Å²) in [6.07, 6.45) is 3.61. The molecule has 0 unspecified atom stereocenters. The Bertz CT molecular complexity index is 692. The molecule has 1 aromatic heterocycles. The van der Waals surface area contributed by atoms with Gasteiger partial charge in [-0.25, -0.2) is 0 Å². The van der Waals surface area contributed by atoms with Crippen LogP contribution in [0.5, 0.6) is 11.5 Å². The van der Waals surface area contributed by atoms with Crippen LogP contribution < -0.4 is 15.2 Å². The number of rotatable bonds is 4. The Morgan fingerprint density at radius 1 is 1.52 bits per heavy atom. The van der Waals surface area contributed by atoms with Gasteiger partial charge in [0.2, 0.25) is 0 Å². The van der Waals surface area contributed by atoms with Crippen molar-refractivity contribution in [3.05, 3.63) is 40.4 Å². The summed E-state index contributed by atoms with van der Waals surface area (Å²) in [6.45, 7) is 1.18. The number of nitrogens with two attached hydrogens (primary N) is 1. The third-order valence-corrected chi connectivity index (χ3v) is 4.13. The fraction of sp³-hybridized carbons (Fsp3) is 0.400. The summed E-state index contributed by atoms with van der Waals surface area (Å²) in [5, 5.41) is 0. The second-order valence-corrected chi connectivity index (χ2v) is 5.50. The first kappa shape index (κ1) is 14.2. The Morgan fingerprint density at radius 3 is 3.14 bits per heavy atom. The zero-order valence-corrected chi connectivity index (χ0v) is 12.8. The summed E-state index contributed by atoms with van der Waals surface area (Å²) in [7, 11) is 1.66. The number of aromatic nitrogens is 2. The van der Waals surface area contributed by atoms with Crippen molar-refractivity contribution in [3.63, 3.8) is 0 Å². The van der Waals surface area contributed by atoms with Gasteiger partial charge in [-0.05, 0) is 24.8 Å². The van der Waals surface area contributed by atoms with Gasteiger partial charge in [-0.2, -0.15) is 0 Å². The summed E-state index contributed by atoms with van der Waals surface area (Å²) in [5.74, 6) is 1.63. The van der Waals surface area contributed by atoms with Crippen LogP contribution >= 0.6 is 12.2 Å². The lowest BCUT2D eigenvalue weighted by Gasteiger charge is -2.28. The number of methoxy groups -OCH3 is 1. The first-order valence-electron chi connectivity index (χ1n) is 7.02. The largest absolute Gasteiger partial charge is 0.493 e. The van der Waals surface area contributed by atoms with Crippen molar-refractivity contribution in [1.29, 1.82) is 0 Å². The minimum absolute atomic E-state index is 0.185. The number of benzene rings is 1. The van der Waals surface area contributed by atoms with Gasteiger partial charge in [-0.3, -0.25) is 0 Å². The fourth-order valence-corrected chi connectivity index (χ4v) is 3.19. The number of hydrogen-bond acceptors (Lipinski definition) is 4. The van der Waals surface area contributed by atoms with Crippen LogP contribution in [-0.2, 0) is 12.8 Å². The van der Waals surface area contributed by atoms with E-state index in [1.165, 1.54) is 0 Å². The highest BCUT2D eigenvalue weighted by Crippen LogP contribution is 2.37. The van der Waals surface area contributed by atoms with Crippen molar-refractivity contribution in [2.75, 3.05) is 20.3 Å². The van der Waals surface area contributed by atoms with Crippen LogP contribution in [0, 0.1) is 4.77 Å². The number of nitrogens with one attached hydrogen (secondary N) is 1. The smallest absolute Gasteiger partial charge is 0.177 e. The van der Waals surface area contributed by atoms with Crippen molar-refractivity contribution in [2.24, 2.45) is 5.73 Å². The molecular weight excluding hydrogens is 286 g/mol. The number of fused-ring (bicyclic) bond motifs is 1. The topological polar surface area (TPSA) is 65.2 Å². The van der Waals surface area contributed by atoms with E-state index in [9.17, 15) is 0 Å². The van der Waals surface area contributed by atoms with Crippen molar-refractivity contribution in [2.45, 2.75) is 18.9 Å². The Hall–Kier alpha value is -1.79. The Morgan fingerprint density at radius 2 is 2.38 bits per heavy atom. The molecule has 2 aromatic rings. The fourth-order valence-electron chi connectivity index (χ4n) is 2.86. The standard InChI is InChI=1S/C15H19N3O2S/c1-19-13-4-2-3-10-7-12(9-20-14(10)13)18-11(5-6-16)8-17-15(18)21/h2-4,8,12H,5-7,9,16H2,1H3,(H,17,21)/t12-/m0/s1. The molecule has 5 nitrogen and oxygen atoms in total. The minimum Gasteiger partial charge on any atom is -0.493 e. The summed E-state index contributed by atoms with van der Waals surface area (Å²) >= 11 is 5.40. The molecule has 21 heavy (non-hydrogen) atoms. The number of nitrogens with zero attached hydrogens (tertiary/aromatic N) is 1. The van der Waals surface area contributed by atoms with E-state index in [4.69, 9.17) is 27.4 Å². The summed E-state index contributed by atoms with van der Waals surface area (Å²) in [4.78, 5) is 3.11. The quantitative estimate of drug-likeness (QED) is 0.850. The lowest BCUT2D eigenvalue weighted by molar-refractivity contribution is 0.211. The van der Waals surface area contributed by atoms with E-state index >= 15 is 0 Å². The van der Waals surface area contributed by atoms with E-state index in [0.717, 1.165) is 40.4 Å². The molecule has 0 radical (unpaired) electrons. The van der Waals surface area contributed by atoms with E-state index in [-0.39, 0.29) is 6.04 Å². The highest BCUT2D eigenvalue weighted by Gasteiger charge is 2.25. The molecular formula is C15H19N3O2S. The van der Waals surface area contributed by atoms with Crippen molar-refractivity contribution in [3.8, 4) is 11.5 Å². The second kappa shape index (κ2) is 5.91. The molecule has 0 fully saturated rings. The van der Waals surface area contributed by atoms with E-state index in [1.807, 2.05) is 18.3 Å². The van der Waals surface area contributed by atoms with Gasteiger partial charge in [0.05, 0.1) is 13.2 Å². The van der Waals surface area contributed by atoms with Gasteiger partial charge in [0.15, 0.2) is 16.3 Å². The predicted molar refractivity (Wildman–Crippen MR) is 83.6 cm³/mol. The van der Waals surface area contributed by atoms with Crippen molar-refractivity contribution < 1.29 is 9.47 Å². The van der Waals surface area contributed by atoms with Crippen LogP contribution in [0.15, 0.2) is 24.4 Å². The Labute approximate surface area is 128 Å². The highest BCUT2D eigenvalue weighted by atomic mass is 32.1. The van der Waals surface area contributed by atoms with Crippen molar-refractivity contribution >= 4 is 12.2 Å². The number of imidazole rings is 1. The normalized spacial score (nSPS) is 17.1. The molecule has 6 heteroatoms. The second-order valence-electron chi connectivity index (χ2n) is 5.11. The van der Waals surface area contributed by atoms with Gasteiger partial charge in [0.25, 0.3) is 0 Å². The molecule has 1 aromatic carbocycles. The molecule has 1 aliphatic heterocycles. The van der Waals surface area contributed by atoms with Gasteiger partial charge in [0, 0.05) is 30.3 Å². The van der Waals surface area contributed by atoms with E-state index in [0.29, 0.717) is 13.2 Å². The molecule has 0 aliphatic carbocycles. The number of hydrogen-bond donors (Lipinski definition) is 2. The van der Waals surface area contributed by atoms with Gasteiger partial charge in [-0.1, -0.05) is 12.1 Å². The van der Waals surface area contributed by atoms with Gasteiger partial charge in [0.1, 0.15) is 6.61 Å². The molecule has 3 N–H and O–H groups in total. The summed E-state index contributed by atoms with van der Waals surface area (Å²) in [6, 6.07) is 6.16. The third-order valence-electron chi connectivity index (χ3n) is 3.81. The van der Waals surface area contributed by atoms with Crippen molar-refractivity contribution in [1.82, 2.24) is 9.55 Å². The average Bonchev–Trinajstić information content (AvgIpc) is 2.87. The molecule has 112 valence electrons. The molecule has 0 amide bonds. The number of ether oxygens (including phenoxy) is 2. The molecule has 0 bridgehead atoms. The molecule has 3 rings (SSSR count). The van der Waals surface area contributed by atoms with Crippen LogP contribution in [0.2, 0.25) is 0 Å². The minimum atomic E-state index is 0.185. The molecule has 1 aliphatic rings. The predicted octanol–water partition coefficient (Wildman–Crippen LogP) is 2.23. The van der Waals surface area contributed by atoms with E-state index < -0.39 is 0 Å². The maximum atomic E-state index is 5.93. The number of para-hydroxylation sites is 1. The van der Waals surface area contributed by atoms with Crippen LogP contribution in [0.3, 0.4) is 0 Å². The summed E-state index contributed by atoms with van der Waals surface area (Å²) < 4.78 is 14.1. The van der Waals surface area contributed by atoms with Gasteiger partial charge >= 0.3 is 0 Å². The van der Waals surface area contributed by atoms with E-state index in [2.05, 4.69) is 15.6 Å². The highest BCUT2D eigenvalue weighted by molar-refractivity contribution is 7.71. The molecule has 2 heterocycles. The SMILES string of the molecule is COc1cccc2c1OC[C@@H](n1c(CCN)c[nH]c1=S)C2. The van der Waals surface area contributed by atoms with Gasteiger partial charge in [-0.15, -0.1) is 0 Å². The van der Waals surface area contributed by atoms with Crippen LogP contribution in [0.1, 0.15) is 17.3 Å². The number of H-pyrrole nitrogens is 1. The maximum absolute atomic E-state index is 5.93. The molecule has 0 saturated heterocycles. The third kappa shape index (κ3) is 2.56. The van der Waals surface area contributed by atoms with Gasteiger partial charge < -0.3 is 24.8 Å². The monoisotopic (exact) mass is 305 g/mol. The average molecular weight is 305 g/mol. The lowest BCUT2D eigenvalue weighted by Crippen LogP contribution is -2.26.